The molecule has 0 aromatic carbocycles. The van der Waals surface area contributed by atoms with Crippen LogP contribution in [0.1, 0.15) is 5.76 Å². The molecule has 0 saturated carbocycles. The summed E-state index contributed by atoms with van der Waals surface area (Å²) in [7, 11) is 0. The molecule has 0 atom stereocenters. The molecule has 2 heterocycles. The molecule has 0 spiro atoms. The highest BCUT2D eigenvalue weighted by molar-refractivity contribution is 5.76. The van der Waals surface area contributed by atoms with Crippen LogP contribution in [0.3, 0.4) is 0 Å². The Balaban J connectivity index is 2.16. The minimum atomic E-state index is -4.48. The van der Waals surface area contributed by atoms with Crippen molar-refractivity contribution in [2.24, 2.45) is 0 Å². The van der Waals surface area contributed by atoms with Crippen molar-refractivity contribution in [1.82, 2.24) is 14.5 Å². The molecule has 2 aromatic heterocycles. The van der Waals surface area contributed by atoms with Gasteiger partial charge in [-0.1, -0.05) is 0 Å². The third-order valence-electron chi connectivity index (χ3n) is 2.29. The van der Waals surface area contributed by atoms with Gasteiger partial charge in [0.1, 0.15) is 18.6 Å². The van der Waals surface area contributed by atoms with Crippen molar-refractivity contribution in [3.63, 3.8) is 0 Å². The van der Waals surface area contributed by atoms with E-state index in [1.165, 1.54) is 24.7 Å². The van der Waals surface area contributed by atoms with Crippen LogP contribution in [0.15, 0.2) is 41.5 Å². The van der Waals surface area contributed by atoms with Gasteiger partial charge in [-0.15, -0.1) is 0 Å². The summed E-state index contributed by atoms with van der Waals surface area (Å²) < 4.78 is 43.4. The number of rotatable bonds is 3. The van der Waals surface area contributed by atoms with Crippen molar-refractivity contribution < 1.29 is 22.4 Å². The Labute approximate surface area is 106 Å². The number of carbonyl (C=O) groups excluding carboxylic acids is 1. The van der Waals surface area contributed by atoms with E-state index in [2.05, 4.69) is 4.98 Å². The highest BCUT2D eigenvalue weighted by Gasteiger charge is 2.33. The van der Waals surface area contributed by atoms with Crippen LogP contribution in [-0.4, -0.2) is 33.2 Å². The molecule has 8 heteroatoms. The first-order chi connectivity index (χ1) is 8.96. The largest absolute Gasteiger partial charge is 0.467 e. The molecule has 0 aliphatic carbocycles. The molecule has 2 aromatic rings. The summed E-state index contributed by atoms with van der Waals surface area (Å²) in [4.78, 5) is 16.2. The van der Waals surface area contributed by atoms with E-state index in [4.69, 9.17) is 4.42 Å². The summed E-state index contributed by atoms with van der Waals surface area (Å²) in [5.74, 6) is 0.276. The van der Waals surface area contributed by atoms with Gasteiger partial charge in [0, 0.05) is 12.4 Å². The Morgan fingerprint density at radius 2 is 2.26 bits per heavy atom. The summed E-state index contributed by atoms with van der Waals surface area (Å²) in [6.07, 6.45) is 0.601. The number of alkyl halides is 3. The zero-order valence-corrected chi connectivity index (χ0v) is 9.67. The van der Waals surface area contributed by atoms with Gasteiger partial charge in [0.05, 0.1) is 12.8 Å². The molecule has 0 bridgehead atoms. The Hall–Kier alpha value is -2.25. The lowest BCUT2D eigenvalue weighted by Crippen LogP contribution is -2.40. The molecule has 1 amide bonds. The number of aromatic nitrogens is 2. The molecular weight excluding hydrogens is 263 g/mol. The van der Waals surface area contributed by atoms with Gasteiger partial charge in [-0.3, -0.25) is 4.57 Å². The zero-order chi connectivity index (χ0) is 13.9. The van der Waals surface area contributed by atoms with E-state index < -0.39 is 18.8 Å². The smallest absolute Gasteiger partial charge is 0.406 e. The molecule has 0 aliphatic heterocycles. The van der Waals surface area contributed by atoms with E-state index in [1.54, 1.807) is 6.07 Å². The van der Waals surface area contributed by atoms with Crippen LogP contribution in [0.5, 0.6) is 0 Å². The molecule has 5 nitrogen and oxygen atoms in total. The molecule has 0 aliphatic rings. The number of halogens is 3. The van der Waals surface area contributed by atoms with Gasteiger partial charge in [0.25, 0.3) is 0 Å². The number of furan rings is 1. The van der Waals surface area contributed by atoms with Crippen LogP contribution in [0.2, 0.25) is 0 Å². The monoisotopic (exact) mass is 273 g/mol. The van der Waals surface area contributed by atoms with Gasteiger partial charge in [-0.25, -0.2) is 9.78 Å². The number of hydrogen-bond acceptors (Lipinski definition) is 3. The normalized spacial score (nSPS) is 11.5. The molecule has 2 rings (SSSR count). The fraction of sp³-hybridized carbons (Fsp3) is 0.273. The highest BCUT2D eigenvalue weighted by atomic mass is 19.4. The van der Waals surface area contributed by atoms with Crippen molar-refractivity contribution in [3.05, 3.63) is 42.9 Å². The third-order valence-corrected chi connectivity index (χ3v) is 2.29. The van der Waals surface area contributed by atoms with Crippen LogP contribution in [0, 0.1) is 0 Å². The van der Waals surface area contributed by atoms with Crippen LogP contribution in [0.25, 0.3) is 0 Å². The minimum Gasteiger partial charge on any atom is -0.467 e. The highest BCUT2D eigenvalue weighted by Crippen LogP contribution is 2.19. The number of carbonyl (C=O) groups is 1. The Morgan fingerprint density at radius 3 is 2.79 bits per heavy atom. The van der Waals surface area contributed by atoms with Crippen molar-refractivity contribution in [3.8, 4) is 0 Å². The number of nitrogens with zero attached hydrogens (tertiary/aromatic N) is 3. The van der Waals surface area contributed by atoms with Crippen LogP contribution < -0.4 is 0 Å². The molecule has 0 unspecified atom stereocenters. The lowest BCUT2D eigenvalue weighted by atomic mass is 10.4. The first-order valence-electron chi connectivity index (χ1n) is 5.32. The molecule has 19 heavy (non-hydrogen) atoms. The molecule has 0 N–H and O–H groups in total. The lowest BCUT2D eigenvalue weighted by Gasteiger charge is -2.22. The van der Waals surface area contributed by atoms with Crippen LogP contribution in [0.4, 0.5) is 18.0 Å². The average Bonchev–Trinajstić information content (AvgIpc) is 2.98. The van der Waals surface area contributed by atoms with Crippen molar-refractivity contribution >= 4 is 6.03 Å². The second kappa shape index (κ2) is 5.17. The maximum absolute atomic E-state index is 12.5. The molecule has 0 saturated heterocycles. The Morgan fingerprint density at radius 1 is 1.47 bits per heavy atom. The Bertz CT molecular complexity index is 520. The summed E-state index contributed by atoms with van der Waals surface area (Å²) in [5, 5.41) is 0. The van der Waals surface area contributed by atoms with Gasteiger partial charge in [-0.2, -0.15) is 13.2 Å². The van der Waals surface area contributed by atoms with Gasteiger partial charge < -0.3 is 9.32 Å². The quantitative estimate of drug-likeness (QED) is 0.863. The summed E-state index contributed by atoms with van der Waals surface area (Å²) in [5.41, 5.74) is 0. The Kier molecular flexibility index (Phi) is 3.59. The predicted octanol–water partition coefficient (Wildman–Crippen LogP) is 2.51. The average molecular weight is 273 g/mol. The standard InChI is InChI=1S/C11H10F3N3O2/c12-11(13,14)7-17(6-9-2-1-5-19-9)10(18)16-4-3-15-8-16/h1-5,8H,6-7H2. The first-order valence-corrected chi connectivity index (χ1v) is 5.32. The second-order valence-electron chi connectivity index (χ2n) is 3.80. The van der Waals surface area contributed by atoms with Crippen molar-refractivity contribution in [1.29, 1.82) is 0 Å². The number of amides is 1. The van der Waals surface area contributed by atoms with Gasteiger partial charge in [-0.05, 0) is 12.1 Å². The lowest BCUT2D eigenvalue weighted by molar-refractivity contribution is -0.141. The van der Waals surface area contributed by atoms with E-state index in [-0.39, 0.29) is 12.3 Å². The maximum Gasteiger partial charge on any atom is 0.406 e. The minimum absolute atomic E-state index is 0.260. The fourth-order valence-corrected chi connectivity index (χ4v) is 1.53. The van der Waals surface area contributed by atoms with Crippen LogP contribution in [-0.2, 0) is 6.54 Å². The zero-order valence-electron chi connectivity index (χ0n) is 9.67. The molecular formula is C11H10F3N3O2. The topological polar surface area (TPSA) is 51.3 Å². The van der Waals surface area contributed by atoms with E-state index in [9.17, 15) is 18.0 Å². The SMILES string of the molecule is O=C(N(Cc1ccco1)CC(F)(F)F)n1ccnc1. The van der Waals surface area contributed by atoms with Crippen LogP contribution >= 0.6 is 0 Å². The number of hydrogen-bond donors (Lipinski definition) is 0. The van der Waals surface area contributed by atoms with E-state index in [0.29, 0.717) is 4.90 Å². The van der Waals surface area contributed by atoms with Crippen molar-refractivity contribution in [2.75, 3.05) is 6.54 Å². The third kappa shape index (κ3) is 3.60. The van der Waals surface area contributed by atoms with Gasteiger partial charge >= 0.3 is 12.2 Å². The maximum atomic E-state index is 12.5. The van der Waals surface area contributed by atoms with E-state index in [0.717, 1.165) is 10.9 Å². The summed E-state index contributed by atoms with van der Waals surface area (Å²) in [6.45, 7) is -1.62. The van der Waals surface area contributed by atoms with E-state index >= 15 is 0 Å². The predicted molar refractivity (Wildman–Crippen MR) is 58.2 cm³/mol. The first kappa shape index (κ1) is 13.2. The molecule has 0 radical (unpaired) electrons. The number of imidazole rings is 1. The fourth-order valence-electron chi connectivity index (χ4n) is 1.53. The van der Waals surface area contributed by atoms with E-state index in [1.807, 2.05) is 0 Å². The molecule has 102 valence electrons. The van der Waals surface area contributed by atoms with Gasteiger partial charge in [0.15, 0.2) is 0 Å². The van der Waals surface area contributed by atoms with Crippen molar-refractivity contribution in [2.45, 2.75) is 12.7 Å². The second-order valence-corrected chi connectivity index (χ2v) is 3.80. The summed E-state index contributed by atoms with van der Waals surface area (Å²) >= 11 is 0. The summed E-state index contributed by atoms with van der Waals surface area (Å²) in [6, 6.07) is 2.24. The van der Waals surface area contributed by atoms with Gasteiger partial charge in [0.2, 0.25) is 0 Å². The molecule has 0 fully saturated rings.